The van der Waals surface area contributed by atoms with Gasteiger partial charge >= 0.3 is 6.09 Å². The first kappa shape index (κ1) is 18.0. The van der Waals surface area contributed by atoms with E-state index in [0.717, 1.165) is 30.5 Å². The first-order chi connectivity index (χ1) is 12.0. The third-order valence-electron chi connectivity index (χ3n) is 4.83. The summed E-state index contributed by atoms with van der Waals surface area (Å²) in [4.78, 5) is 15.7. The molecule has 3 rings (SSSR count). The second-order valence-electron chi connectivity index (χ2n) is 6.93. The van der Waals surface area contributed by atoms with Gasteiger partial charge in [-0.2, -0.15) is 0 Å². The van der Waals surface area contributed by atoms with E-state index in [2.05, 4.69) is 52.0 Å². The molecule has 0 radical (unpaired) electrons. The summed E-state index contributed by atoms with van der Waals surface area (Å²) in [6.45, 7) is 4.92. The van der Waals surface area contributed by atoms with Gasteiger partial charge in [-0.3, -0.25) is 4.90 Å². The van der Waals surface area contributed by atoms with Crippen LogP contribution in [0.3, 0.4) is 0 Å². The molecule has 0 bridgehead atoms. The molecule has 0 aliphatic carbocycles. The number of benzene rings is 2. The van der Waals surface area contributed by atoms with Crippen LogP contribution in [0.15, 0.2) is 59.1 Å². The number of carboxylic acid groups (broad SMARTS) is 1. The molecular formula is C20H23BrN2O2. The van der Waals surface area contributed by atoms with Crippen LogP contribution in [0.5, 0.6) is 0 Å². The van der Waals surface area contributed by atoms with E-state index in [1.807, 2.05) is 30.3 Å². The summed E-state index contributed by atoms with van der Waals surface area (Å²) in [5.41, 5.74) is 1.98. The Balaban J connectivity index is 1.77. The maximum absolute atomic E-state index is 11.8. The Hall–Kier alpha value is -1.85. The van der Waals surface area contributed by atoms with Crippen molar-refractivity contribution >= 4 is 22.0 Å². The number of hydrogen-bond acceptors (Lipinski definition) is 2. The molecule has 0 saturated carbocycles. The lowest BCUT2D eigenvalue weighted by Gasteiger charge is -2.48. The Morgan fingerprint density at radius 1 is 1.08 bits per heavy atom. The molecule has 2 aromatic rings. The van der Waals surface area contributed by atoms with E-state index in [1.54, 1.807) is 4.90 Å². The van der Waals surface area contributed by atoms with E-state index in [4.69, 9.17) is 0 Å². The third-order valence-corrected chi connectivity index (χ3v) is 5.36. The molecule has 132 valence electrons. The van der Waals surface area contributed by atoms with Crippen LogP contribution in [0.4, 0.5) is 4.79 Å². The number of hydrogen-bond donors (Lipinski definition) is 1. The van der Waals surface area contributed by atoms with Gasteiger partial charge in [-0.25, -0.2) is 4.79 Å². The molecule has 5 heteroatoms. The van der Waals surface area contributed by atoms with E-state index in [-0.39, 0.29) is 0 Å². The van der Waals surface area contributed by atoms with Crippen LogP contribution in [0.2, 0.25) is 0 Å². The van der Waals surface area contributed by atoms with Gasteiger partial charge in [-0.1, -0.05) is 58.4 Å². The number of amides is 1. The Bertz CT molecular complexity index is 720. The van der Waals surface area contributed by atoms with Crippen molar-refractivity contribution in [1.82, 2.24) is 9.80 Å². The maximum atomic E-state index is 11.8. The van der Waals surface area contributed by atoms with Crippen molar-refractivity contribution < 1.29 is 9.90 Å². The van der Waals surface area contributed by atoms with Gasteiger partial charge in [-0.05, 0) is 36.6 Å². The van der Waals surface area contributed by atoms with Gasteiger partial charge in [0.25, 0.3) is 0 Å². The Labute approximate surface area is 157 Å². The molecule has 0 spiro atoms. The number of nitrogens with zero attached hydrogens (tertiary/aromatic N) is 2. The van der Waals surface area contributed by atoms with Crippen LogP contribution in [0.1, 0.15) is 18.1 Å². The highest BCUT2D eigenvalue weighted by Crippen LogP contribution is 2.27. The van der Waals surface area contributed by atoms with Crippen molar-refractivity contribution in [1.29, 1.82) is 0 Å². The van der Waals surface area contributed by atoms with Crippen LogP contribution in [-0.4, -0.2) is 46.2 Å². The second kappa shape index (κ2) is 7.58. The molecule has 1 amide bonds. The predicted octanol–water partition coefficient (Wildman–Crippen LogP) is 4.25. The van der Waals surface area contributed by atoms with Crippen LogP contribution in [0.25, 0.3) is 0 Å². The average Bonchev–Trinajstić information content (AvgIpc) is 2.57. The lowest BCUT2D eigenvalue weighted by atomic mass is 9.88. The molecule has 25 heavy (non-hydrogen) atoms. The molecule has 1 atom stereocenters. The van der Waals surface area contributed by atoms with E-state index in [0.29, 0.717) is 6.54 Å². The fourth-order valence-electron chi connectivity index (χ4n) is 3.65. The summed E-state index contributed by atoms with van der Waals surface area (Å²) >= 11 is 3.46. The van der Waals surface area contributed by atoms with Crippen molar-refractivity contribution in [2.75, 3.05) is 19.6 Å². The smallest absolute Gasteiger partial charge is 0.407 e. The second-order valence-corrected chi connectivity index (χ2v) is 7.85. The van der Waals surface area contributed by atoms with Gasteiger partial charge in [0.2, 0.25) is 0 Å². The summed E-state index contributed by atoms with van der Waals surface area (Å²) in [6, 6.07) is 18.5. The zero-order valence-corrected chi connectivity index (χ0v) is 15.9. The van der Waals surface area contributed by atoms with Gasteiger partial charge in [0.1, 0.15) is 0 Å². The van der Waals surface area contributed by atoms with Crippen molar-refractivity contribution in [2.45, 2.75) is 25.4 Å². The molecule has 1 aliphatic heterocycles. The van der Waals surface area contributed by atoms with E-state index in [1.165, 1.54) is 11.1 Å². The molecule has 1 heterocycles. The molecule has 1 aliphatic rings. The molecule has 0 unspecified atom stereocenters. The van der Waals surface area contributed by atoms with Crippen molar-refractivity contribution in [3.8, 4) is 0 Å². The normalized spacial score (nSPS) is 21.3. The largest absolute Gasteiger partial charge is 0.465 e. The highest BCUT2D eigenvalue weighted by molar-refractivity contribution is 9.10. The lowest BCUT2D eigenvalue weighted by molar-refractivity contribution is 0.0131. The zero-order valence-electron chi connectivity index (χ0n) is 14.4. The average molecular weight is 403 g/mol. The summed E-state index contributed by atoms with van der Waals surface area (Å²) in [6.07, 6.45) is -0.113. The fourth-order valence-corrected chi connectivity index (χ4v) is 3.92. The van der Waals surface area contributed by atoms with E-state index < -0.39 is 11.6 Å². The summed E-state index contributed by atoms with van der Waals surface area (Å²) in [7, 11) is 0. The number of halogens is 1. The minimum atomic E-state index is -0.832. The van der Waals surface area contributed by atoms with Crippen molar-refractivity contribution in [2.24, 2.45) is 0 Å². The SMILES string of the molecule is C[C@]1(Cc2ccccc2)CN(Cc2ccc(Br)cc2)CCN1C(=O)O. The minimum Gasteiger partial charge on any atom is -0.465 e. The molecule has 2 aromatic carbocycles. The fraction of sp³-hybridized carbons (Fsp3) is 0.350. The van der Waals surface area contributed by atoms with Gasteiger partial charge in [-0.15, -0.1) is 0 Å². The van der Waals surface area contributed by atoms with Crippen molar-refractivity contribution in [3.05, 3.63) is 70.2 Å². The first-order valence-electron chi connectivity index (χ1n) is 8.48. The minimum absolute atomic E-state index is 0.430. The lowest BCUT2D eigenvalue weighted by Crippen LogP contribution is -2.63. The maximum Gasteiger partial charge on any atom is 0.407 e. The first-order valence-corrected chi connectivity index (χ1v) is 9.27. The Morgan fingerprint density at radius 2 is 1.76 bits per heavy atom. The van der Waals surface area contributed by atoms with Crippen molar-refractivity contribution in [3.63, 3.8) is 0 Å². The number of piperazine rings is 1. The monoisotopic (exact) mass is 402 g/mol. The summed E-state index contributed by atoms with van der Waals surface area (Å²) < 4.78 is 1.07. The standard InChI is InChI=1S/C20H23BrN2O2/c1-20(13-16-5-3-2-4-6-16)15-22(11-12-23(20)19(24)25)14-17-7-9-18(21)10-8-17/h2-10H,11-15H2,1H3,(H,24,25)/t20-/m0/s1. The topological polar surface area (TPSA) is 43.8 Å². The Morgan fingerprint density at radius 3 is 2.40 bits per heavy atom. The van der Waals surface area contributed by atoms with Crippen LogP contribution < -0.4 is 0 Å². The van der Waals surface area contributed by atoms with E-state index in [9.17, 15) is 9.90 Å². The van der Waals surface area contributed by atoms with E-state index >= 15 is 0 Å². The molecule has 0 aromatic heterocycles. The number of carbonyl (C=O) groups is 1. The Kier molecular flexibility index (Phi) is 5.45. The molecular weight excluding hydrogens is 380 g/mol. The molecule has 4 nitrogen and oxygen atoms in total. The third kappa shape index (κ3) is 4.41. The van der Waals surface area contributed by atoms with Crippen LogP contribution >= 0.6 is 15.9 Å². The number of rotatable bonds is 4. The highest BCUT2D eigenvalue weighted by atomic mass is 79.9. The summed E-state index contributed by atoms with van der Waals surface area (Å²) in [5, 5.41) is 9.66. The summed E-state index contributed by atoms with van der Waals surface area (Å²) in [5.74, 6) is 0. The van der Waals surface area contributed by atoms with Crippen LogP contribution in [-0.2, 0) is 13.0 Å². The van der Waals surface area contributed by atoms with Crippen LogP contribution in [0, 0.1) is 0 Å². The predicted molar refractivity (Wildman–Crippen MR) is 103 cm³/mol. The quantitative estimate of drug-likeness (QED) is 0.831. The molecule has 1 saturated heterocycles. The van der Waals surface area contributed by atoms with Gasteiger partial charge in [0.05, 0.1) is 5.54 Å². The van der Waals surface area contributed by atoms with Gasteiger partial charge < -0.3 is 10.0 Å². The van der Waals surface area contributed by atoms with Gasteiger partial charge in [0, 0.05) is 30.7 Å². The van der Waals surface area contributed by atoms with Gasteiger partial charge in [0.15, 0.2) is 0 Å². The molecule has 1 N–H and O–H groups in total. The highest BCUT2D eigenvalue weighted by Gasteiger charge is 2.40. The zero-order chi connectivity index (χ0) is 17.9. The molecule has 1 fully saturated rings.